The standard InChI is InChI=1S/C13H14Cl2N4/c1-7(10-4-3-9(14)5-11(10)15)17-13-6-12(16)18-8(2)19-13/h3-7H,1-2H3,(H3,16,17,18,19). The lowest BCUT2D eigenvalue weighted by Crippen LogP contribution is -2.10. The molecule has 0 aliphatic carbocycles. The number of rotatable bonds is 3. The van der Waals surface area contributed by atoms with Crippen molar-refractivity contribution >= 4 is 34.8 Å². The molecule has 0 fully saturated rings. The van der Waals surface area contributed by atoms with Crippen LogP contribution in [0.5, 0.6) is 0 Å². The van der Waals surface area contributed by atoms with Crippen LogP contribution in [0.15, 0.2) is 24.3 Å². The normalized spacial score (nSPS) is 12.2. The predicted molar refractivity (Wildman–Crippen MR) is 79.7 cm³/mol. The molecule has 1 aromatic heterocycles. The first-order valence-electron chi connectivity index (χ1n) is 5.78. The second-order valence-electron chi connectivity index (χ2n) is 4.26. The second-order valence-corrected chi connectivity index (χ2v) is 5.10. The Morgan fingerprint density at radius 2 is 1.95 bits per heavy atom. The van der Waals surface area contributed by atoms with Crippen LogP contribution in [0.2, 0.25) is 10.0 Å². The van der Waals surface area contributed by atoms with Crippen molar-refractivity contribution in [2.75, 3.05) is 11.1 Å². The van der Waals surface area contributed by atoms with Crippen molar-refractivity contribution in [2.24, 2.45) is 0 Å². The number of anilines is 2. The maximum atomic E-state index is 6.17. The van der Waals surface area contributed by atoms with Crippen LogP contribution in [0, 0.1) is 6.92 Å². The summed E-state index contributed by atoms with van der Waals surface area (Å²) in [4.78, 5) is 8.30. The van der Waals surface area contributed by atoms with Gasteiger partial charge in [0.05, 0.1) is 6.04 Å². The fourth-order valence-electron chi connectivity index (χ4n) is 1.82. The van der Waals surface area contributed by atoms with E-state index in [1.165, 1.54) is 0 Å². The minimum Gasteiger partial charge on any atom is -0.384 e. The van der Waals surface area contributed by atoms with E-state index in [1.807, 2.05) is 13.0 Å². The Bertz CT molecular complexity index is 581. The average Bonchev–Trinajstić information content (AvgIpc) is 2.26. The van der Waals surface area contributed by atoms with Gasteiger partial charge in [-0.05, 0) is 31.5 Å². The first-order chi connectivity index (χ1) is 8.95. The van der Waals surface area contributed by atoms with E-state index in [0.717, 1.165) is 5.56 Å². The lowest BCUT2D eigenvalue weighted by atomic mass is 10.1. The zero-order valence-corrected chi connectivity index (χ0v) is 12.1. The molecule has 100 valence electrons. The van der Waals surface area contributed by atoms with Gasteiger partial charge in [0.1, 0.15) is 17.5 Å². The first-order valence-corrected chi connectivity index (χ1v) is 6.54. The second kappa shape index (κ2) is 5.63. The van der Waals surface area contributed by atoms with E-state index in [-0.39, 0.29) is 6.04 Å². The summed E-state index contributed by atoms with van der Waals surface area (Å²) in [7, 11) is 0. The lowest BCUT2D eigenvalue weighted by Gasteiger charge is -2.17. The van der Waals surface area contributed by atoms with E-state index in [4.69, 9.17) is 28.9 Å². The van der Waals surface area contributed by atoms with Crippen molar-refractivity contribution in [2.45, 2.75) is 19.9 Å². The van der Waals surface area contributed by atoms with E-state index in [0.29, 0.717) is 27.5 Å². The highest BCUT2D eigenvalue weighted by molar-refractivity contribution is 6.35. The molecule has 4 nitrogen and oxygen atoms in total. The van der Waals surface area contributed by atoms with Crippen molar-refractivity contribution in [3.05, 3.63) is 45.7 Å². The van der Waals surface area contributed by atoms with Crippen LogP contribution in [0.4, 0.5) is 11.6 Å². The quantitative estimate of drug-likeness (QED) is 0.903. The van der Waals surface area contributed by atoms with Crippen molar-refractivity contribution in [1.29, 1.82) is 0 Å². The molecule has 0 saturated heterocycles. The molecule has 2 aromatic rings. The monoisotopic (exact) mass is 296 g/mol. The van der Waals surface area contributed by atoms with Gasteiger partial charge in [0, 0.05) is 16.1 Å². The molecular formula is C13H14Cl2N4. The molecule has 19 heavy (non-hydrogen) atoms. The molecule has 0 saturated carbocycles. The summed E-state index contributed by atoms with van der Waals surface area (Å²) in [6, 6.07) is 7.09. The number of nitrogens with one attached hydrogen (secondary N) is 1. The first kappa shape index (κ1) is 13.9. The highest BCUT2D eigenvalue weighted by atomic mass is 35.5. The van der Waals surface area contributed by atoms with Crippen molar-refractivity contribution < 1.29 is 0 Å². The molecule has 0 spiro atoms. The zero-order chi connectivity index (χ0) is 14.0. The summed E-state index contributed by atoms with van der Waals surface area (Å²) in [5, 5.41) is 4.47. The largest absolute Gasteiger partial charge is 0.384 e. The number of halogens is 2. The highest BCUT2D eigenvalue weighted by Gasteiger charge is 2.11. The number of hydrogen-bond acceptors (Lipinski definition) is 4. The number of nitrogens with zero attached hydrogens (tertiary/aromatic N) is 2. The van der Waals surface area contributed by atoms with Gasteiger partial charge < -0.3 is 11.1 Å². The van der Waals surface area contributed by atoms with Crippen molar-refractivity contribution in [3.8, 4) is 0 Å². The summed E-state index contributed by atoms with van der Waals surface area (Å²) >= 11 is 12.1. The molecule has 1 aromatic carbocycles. The molecule has 3 N–H and O–H groups in total. The molecule has 0 aliphatic heterocycles. The van der Waals surface area contributed by atoms with Gasteiger partial charge in [0.2, 0.25) is 0 Å². The Morgan fingerprint density at radius 1 is 1.21 bits per heavy atom. The molecule has 0 aliphatic rings. The Hall–Kier alpha value is -1.52. The van der Waals surface area contributed by atoms with E-state index in [1.54, 1.807) is 25.1 Å². The zero-order valence-electron chi connectivity index (χ0n) is 10.6. The third-order valence-corrected chi connectivity index (χ3v) is 3.21. The minimum absolute atomic E-state index is 0.0153. The lowest BCUT2D eigenvalue weighted by molar-refractivity contribution is 0.868. The Kier molecular flexibility index (Phi) is 4.12. The third kappa shape index (κ3) is 3.49. The molecule has 1 unspecified atom stereocenters. The minimum atomic E-state index is -0.0153. The maximum Gasteiger partial charge on any atom is 0.132 e. The van der Waals surface area contributed by atoms with Crippen LogP contribution in [0.3, 0.4) is 0 Å². The number of benzene rings is 1. The van der Waals surface area contributed by atoms with Crippen molar-refractivity contribution in [3.63, 3.8) is 0 Å². The van der Waals surface area contributed by atoms with Gasteiger partial charge in [-0.3, -0.25) is 0 Å². The van der Waals surface area contributed by atoms with Crippen molar-refractivity contribution in [1.82, 2.24) is 9.97 Å². The summed E-state index contributed by atoms with van der Waals surface area (Å²) in [6.07, 6.45) is 0. The molecule has 0 radical (unpaired) electrons. The Labute approximate surface area is 122 Å². The number of aromatic nitrogens is 2. The third-order valence-electron chi connectivity index (χ3n) is 2.65. The van der Waals surface area contributed by atoms with E-state index in [2.05, 4.69) is 15.3 Å². The molecule has 1 heterocycles. The summed E-state index contributed by atoms with van der Waals surface area (Å²) in [5.74, 6) is 1.73. The van der Waals surface area contributed by atoms with Crippen LogP contribution in [0.25, 0.3) is 0 Å². The topological polar surface area (TPSA) is 63.8 Å². The van der Waals surface area contributed by atoms with Gasteiger partial charge in [0.15, 0.2) is 0 Å². The van der Waals surface area contributed by atoms with Gasteiger partial charge in [-0.25, -0.2) is 9.97 Å². The van der Waals surface area contributed by atoms with E-state index in [9.17, 15) is 0 Å². The maximum absolute atomic E-state index is 6.17. The number of nitrogens with two attached hydrogens (primary N) is 1. The van der Waals surface area contributed by atoms with Gasteiger partial charge in [0.25, 0.3) is 0 Å². The van der Waals surface area contributed by atoms with Gasteiger partial charge in [-0.15, -0.1) is 0 Å². The molecular weight excluding hydrogens is 283 g/mol. The predicted octanol–water partition coefficient (Wildman–Crippen LogP) is 3.85. The number of nitrogen functional groups attached to an aromatic ring is 1. The van der Waals surface area contributed by atoms with Crippen LogP contribution >= 0.6 is 23.2 Å². The highest BCUT2D eigenvalue weighted by Crippen LogP contribution is 2.28. The van der Waals surface area contributed by atoms with Crippen LogP contribution in [-0.2, 0) is 0 Å². The smallest absolute Gasteiger partial charge is 0.132 e. The Morgan fingerprint density at radius 3 is 2.58 bits per heavy atom. The molecule has 1 atom stereocenters. The van der Waals surface area contributed by atoms with Gasteiger partial charge >= 0.3 is 0 Å². The number of hydrogen-bond donors (Lipinski definition) is 2. The van der Waals surface area contributed by atoms with E-state index < -0.39 is 0 Å². The number of aryl methyl sites for hydroxylation is 1. The van der Waals surface area contributed by atoms with E-state index >= 15 is 0 Å². The summed E-state index contributed by atoms with van der Waals surface area (Å²) in [5.41, 5.74) is 6.63. The van der Waals surface area contributed by atoms with Gasteiger partial charge in [-0.2, -0.15) is 0 Å². The molecule has 6 heteroatoms. The fraction of sp³-hybridized carbons (Fsp3) is 0.231. The van der Waals surface area contributed by atoms with Crippen LogP contribution in [0.1, 0.15) is 24.4 Å². The Balaban J connectivity index is 2.22. The summed E-state index contributed by atoms with van der Waals surface area (Å²) in [6.45, 7) is 3.78. The molecule has 2 rings (SSSR count). The SMILES string of the molecule is Cc1nc(N)cc(NC(C)c2ccc(Cl)cc2Cl)n1. The molecule has 0 amide bonds. The summed E-state index contributed by atoms with van der Waals surface area (Å²) < 4.78 is 0. The molecule has 0 bridgehead atoms. The van der Waals surface area contributed by atoms with Crippen LogP contribution < -0.4 is 11.1 Å². The van der Waals surface area contributed by atoms with Gasteiger partial charge in [-0.1, -0.05) is 29.3 Å². The fourth-order valence-corrected chi connectivity index (χ4v) is 2.39. The average molecular weight is 297 g/mol. The van der Waals surface area contributed by atoms with Crippen LogP contribution in [-0.4, -0.2) is 9.97 Å².